The van der Waals surface area contributed by atoms with Crippen molar-refractivity contribution in [3.8, 4) is 11.4 Å². The van der Waals surface area contributed by atoms with Gasteiger partial charge in [0, 0.05) is 42.9 Å². The number of pyridine rings is 1. The zero-order valence-electron chi connectivity index (χ0n) is 13.6. The van der Waals surface area contributed by atoms with E-state index in [0.717, 1.165) is 37.9 Å². The topological polar surface area (TPSA) is 72.1 Å². The van der Waals surface area contributed by atoms with Crippen LogP contribution in [0.25, 0.3) is 11.4 Å². The number of carbonyl (C=O) groups is 1. The number of amides is 1. The van der Waals surface area contributed by atoms with E-state index in [0.29, 0.717) is 11.7 Å². The third-order valence-electron chi connectivity index (χ3n) is 4.57. The second kappa shape index (κ2) is 6.89. The van der Waals surface area contributed by atoms with E-state index in [1.165, 1.54) is 0 Å². The van der Waals surface area contributed by atoms with Crippen molar-refractivity contribution in [3.63, 3.8) is 0 Å². The Morgan fingerprint density at radius 1 is 1.35 bits per heavy atom. The Morgan fingerprint density at radius 3 is 2.70 bits per heavy atom. The van der Waals surface area contributed by atoms with E-state index in [4.69, 9.17) is 4.52 Å². The van der Waals surface area contributed by atoms with Crippen molar-refractivity contribution in [2.75, 3.05) is 13.1 Å². The SMILES string of the molecule is CCC(C)C(=O)N1CCC(c2nc(-c3ccncc3)no2)CC1. The molecule has 6 nitrogen and oxygen atoms in total. The molecule has 0 radical (unpaired) electrons. The molecule has 0 aromatic carbocycles. The second-order valence-electron chi connectivity index (χ2n) is 6.10. The van der Waals surface area contributed by atoms with E-state index in [2.05, 4.69) is 15.1 Å². The molecule has 0 N–H and O–H groups in total. The van der Waals surface area contributed by atoms with Crippen LogP contribution in [0.2, 0.25) is 0 Å². The van der Waals surface area contributed by atoms with Gasteiger partial charge in [0.25, 0.3) is 0 Å². The molecule has 6 heteroatoms. The molecule has 23 heavy (non-hydrogen) atoms. The van der Waals surface area contributed by atoms with Crippen molar-refractivity contribution in [3.05, 3.63) is 30.4 Å². The number of aromatic nitrogens is 3. The van der Waals surface area contributed by atoms with E-state index >= 15 is 0 Å². The zero-order valence-corrected chi connectivity index (χ0v) is 13.6. The molecule has 3 rings (SSSR count). The smallest absolute Gasteiger partial charge is 0.230 e. The first-order valence-electron chi connectivity index (χ1n) is 8.21. The summed E-state index contributed by atoms with van der Waals surface area (Å²) < 4.78 is 5.44. The van der Waals surface area contributed by atoms with E-state index in [-0.39, 0.29) is 17.7 Å². The first kappa shape index (κ1) is 15.6. The molecule has 1 atom stereocenters. The van der Waals surface area contributed by atoms with Crippen LogP contribution in [0.1, 0.15) is 44.9 Å². The Labute approximate surface area is 135 Å². The maximum absolute atomic E-state index is 12.2. The number of rotatable bonds is 4. The van der Waals surface area contributed by atoms with Crippen molar-refractivity contribution >= 4 is 5.91 Å². The third-order valence-corrected chi connectivity index (χ3v) is 4.57. The standard InChI is InChI=1S/C17H22N4O2/c1-3-12(2)17(22)21-10-6-14(7-11-21)16-19-15(20-23-16)13-4-8-18-9-5-13/h4-5,8-9,12,14H,3,6-7,10-11H2,1-2H3. The van der Waals surface area contributed by atoms with E-state index in [9.17, 15) is 4.79 Å². The minimum atomic E-state index is 0.105. The molecule has 1 aliphatic rings. The summed E-state index contributed by atoms with van der Waals surface area (Å²) in [4.78, 5) is 22.7. The number of likely N-dealkylation sites (tertiary alicyclic amines) is 1. The van der Waals surface area contributed by atoms with Crippen LogP contribution in [0.5, 0.6) is 0 Å². The largest absolute Gasteiger partial charge is 0.342 e. The fourth-order valence-electron chi connectivity index (χ4n) is 2.85. The van der Waals surface area contributed by atoms with Gasteiger partial charge in [-0.15, -0.1) is 0 Å². The normalized spacial score (nSPS) is 17.2. The zero-order chi connectivity index (χ0) is 16.2. The molecule has 1 unspecified atom stereocenters. The van der Waals surface area contributed by atoms with Crippen LogP contribution in [0.15, 0.2) is 29.0 Å². The summed E-state index contributed by atoms with van der Waals surface area (Å²) in [6, 6.07) is 3.73. The molecule has 0 bridgehead atoms. The van der Waals surface area contributed by atoms with Crippen LogP contribution in [-0.4, -0.2) is 39.0 Å². The summed E-state index contributed by atoms with van der Waals surface area (Å²) in [5, 5.41) is 4.06. The molecule has 3 heterocycles. The van der Waals surface area contributed by atoms with E-state index in [1.54, 1.807) is 12.4 Å². The molecule has 1 amide bonds. The lowest BCUT2D eigenvalue weighted by atomic mass is 9.95. The van der Waals surface area contributed by atoms with Gasteiger partial charge in [0.15, 0.2) is 0 Å². The molecule has 1 fully saturated rings. The monoisotopic (exact) mass is 314 g/mol. The van der Waals surface area contributed by atoms with Gasteiger partial charge in [0.2, 0.25) is 17.6 Å². The van der Waals surface area contributed by atoms with Gasteiger partial charge in [-0.25, -0.2) is 0 Å². The number of hydrogen-bond acceptors (Lipinski definition) is 5. The van der Waals surface area contributed by atoms with Gasteiger partial charge >= 0.3 is 0 Å². The Bertz CT molecular complexity index is 648. The van der Waals surface area contributed by atoms with Crippen LogP contribution >= 0.6 is 0 Å². The Hall–Kier alpha value is -2.24. The van der Waals surface area contributed by atoms with Gasteiger partial charge in [-0.1, -0.05) is 19.0 Å². The van der Waals surface area contributed by atoms with Crippen molar-refractivity contribution in [2.45, 2.75) is 39.0 Å². The lowest BCUT2D eigenvalue weighted by Crippen LogP contribution is -2.40. The number of nitrogens with zero attached hydrogens (tertiary/aromatic N) is 4. The van der Waals surface area contributed by atoms with E-state index in [1.807, 2.05) is 30.9 Å². The molecule has 1 saturated heterocycles. The molecular formula is C17H22N4O2. The second-order valence-corrected chi connectivity index (χ2v) is 6.10. The van der Waals surface area contributed by atoms with Crippen LogP contribution in [-0.2, 0) is 4.79 Å². The highest BCUT2D eigenvalue weighted by molar-refractivity contribution is 5.78. The van der Waals surface area contributed by atoms with E-state index < -0.39 is 0 Å². The minimum Gasteiger partial charge on any atom is -0.342 e. The number of carbonyl (C=O) groups excluding carboxylic acids is 1. The predicted octanol–water partition coefficient (Wildman–Crippen LogP) is 2.88. The van der Waals surface area contributed by atoms with Gasteiger partial charge in [0.05, 0.1) is 0 Å². The summed E-state index contributed by atoms with van der Waals surface area (Å²) in [5.41, 5.74) is 0.902. The van der Waals surface area contributed by atoms with Crippen LogP contribution < -0.4 is 0 Å². The molecule has 122 valence electrons. The molecule has 0 spiro atoms. The lowest BCUT2D eigenvalue weighted by Gasteiger charge is -2.32. The molecule has 1 aliphatic heterocycles. The van der Waals surface area contributed by atoms with Crippen molar-refractivity contribution in [1.82, 2.24) is 20.0 Å². The molecule has 0 saturated carbocycles. The molecule has 2 aromatic heterocycles. The summed E-state index contributed by atoms with van der Waals surface area (Å²) in [7, 11) is 0. The third kappa shape index (κ3) is 3.41. The highest BCUT2D eigenvalue weighted by atomic mass is 16.5. The lowest BCUT2D eigenvalue weighted by molar-refractivity contribution is -0.136. The Morgan fingerprint density at radius 2 is 2.04 bits per heavy atom. The van der Waals surface area contributed by atoms with Crippen molar-refractivity contribution in [2.24, 2.45) is 5.92 Å². The molecular weight excluding hydrogens is 292 g/mol. The number of hydrogen-bond donors (Lipinski definition) is 0. The van der Waals surface area contributed by atoms with Gasteiger partial charge in [-0.05, 0) is 31.4 Å². The van der Waals surface area contributed by atoms with Gasteiger partial charge in [-0.2, -0.15) is 4.98 Å². The average Bonchev–Trinajstić information content (AvgIpc) is 3.11. The predicted molar refractivity (Wildman–Crippen MR) is 85.5 cm³/mol. The highest BCUT2D eigenvalue weighted by Gasteiger charge is 2.29. The summed E-state index contributed by atoms with van der Waals surface area (Å²) in [5.74, 6) is 1.87. The quantitative estimate of drug-likeness (QED) is 0.867. The van der Waals surface area contributed by atoms with Gasteiger partial charge in [0.1, 0.15) is 0 Å². The maximum Gasteiger partial charge on any atom is 0.230 e. The Kier molecular flexibility index (Phi) is 4.69. The summed E-state index contributed by atoms with van der Waals surface area (Å²) >= 11 is 0. The average molecular weight is 314 g/mol. The Balaban J connectivity index is 1.62. The first-order chi connectivity index (χ1) is 11.2. The fraction of sp³-hybridized carbons (Fsp3) is 0.529. The molecule has 2 aromatic rings. The summed E-state index contributed by atoms with van der Waals surface area (Å²) in [6.07, 6.45) is 6.06. The van der Waals surface area contributed by atoms with Crippen LogP contribution in [0, 0.1) is 5.92 Å². The van der Waals surface area contributed by atoms with Crippen LogP contribution in [0.3, 0.4) is 0 Å². The fourth-order valence-corrected chi connectivity index (χ4v) is 2.85. The maximum atomic E-state index is 12.2. The summed E-state index contributed by atoms with van der Waals surface area (Å²) in [6.45, 7) is 5.57. The first-order valence-corrected chi connectivity index (χ1v) is 8.21. The van der Waals surface area contributed by atoms with Crippen molar-refractivity contribution < 1.29 is 9.32 Å². The molecule has 0 aliphatic carbocycles. The number of piperidine rings is 1. The van der Waals surface area contributed by atoms with Crippen LogP contribution in [0.4, 0.5) is 0 Å². The van der Waals surface area contributed by atoms with Gasteiger partial charge < -0.3 is 9.42 Å². The highest BCUT2D eigenvalue weighted by Crippen LogP contribution is 2.29. The minimum absolute atomic E-state index is 0.105. The van der Waals surface area contributed by atoms with Gasteiger partial charge in [-0.3, -0.25) is 9.78 Å². The van der Waals surface area contributed by atoms with Crippen molar-refractivity contribution in [1.29, 1.82) is 0 Å².